The zero-order chi connectivity index (χ0) is 9.73. The van der Waals surface area contributed by atoms with Gasteiger partial charge in [-0.3, -0.25) is 4.57 Å². The molecule has 76 valence electrons. The van der Waals surface area contributed by atoms with E-state index in [0.29, 0.717) is 6.29 Å². The van der Waals surface area contributed by atoms with E-state index in [1.54, 1.807) is 0 Å². The molecular formula is C8H15O4P. The van der Waals surface area contributed by atoms with Crippen LogP contribution in [0.2, 0.25) is 0 Å². The number of aldehydes is 1. The lowest BCUT2D eigenvalue weighted by atomic mass is 9.98. The summed E-state index contributed by atoms with van der Waals surface area (Å²) in [6, 6.07) is 0. The van der Waals surface area contributed by atoms with Crippen molar-refractivity contribution in [1.29, 1.82) is 0 Å². The Bertz CT molecular complexity index is 210. The molecule has 1 rings (SSSR count). The largest absolute Gasteiger partial charge is 0.335 e. The Kier molecular flexibility index (Phi) is 4.10. The van der Waals surface area contributed by atoms with Crippen molar-refractivity contribution in [2.75, 3.05) is 6.16 Å². The van der Waals surface area contributed by atoms with E-state index < -0.39 is 7.60 Å². The molecule has 1 aliphatic rings. The molecular weight excluding hydrogens is 191 g/mol. The van der Waals surface area contributed by atoms with E-state index in [2.05, 4.69) is 0 Å². The predicted octanol–water partition coefficient (Wildman–Crippen LogP) is 1.72. The third kappa shape index (κ3) is 4.03. The highest BCUT2D eigenvalue weighted by atomic mass is 31.2. The van der Waals surface area contributed by atoms with E-state index in [1.165, 1.54) is 6.42 Å². The van der Waals surface area contributed by atoms with Crippen LogP contribution in [0.3, 0.4) is 0 Å². The lowest BCUT2D eigenvalue weighted by Crippen LogP contribution is -2.16. The van der Waals surface area contributed by atoms with Gasteiger partial charge in [0.1, 0.15) is 12.4 Å². The van der Waals surface area contributed by atoms with Gasteiger partial charge in [0.15, 0.2) is 0 Å². The molecule has 0 spiro atoms. The zero-order valence-electron chi connectivity index (χ0n) is 7.52. The number of rotatable bonds is 4. The maximum atomic E-state index is 11.2. The Morgan fingerprint density at radius 2 is 2.00 bits per heavy atom. The average molecular weight is 206 g/mol. The van der Waals surface area contributed by atoms with Crippen LogP contribution < -0.4 is 0 Å². The maximum Gasteiger partial charge on any atom is 0.335 e. The first kappa shape index (κ1) is 10.9. The van der Waals surface area contributed by atoms with Gasteiger partial charge in [-0.1, -0.05) is 19.3 Å². The second-order valence-corrected chi connectivity index (χ2v) is 5.20. The second kappa shape index (κ2) is 4.89. The van der Waals surface area contributed by atoms with Crippen molar-refractivity contribution < 1.29 is 18.8 Å². The molecule has 1 fully saturated rings. The van der Waals surface area contributed by atoms with Gasteiger partial charge < -0.3 is 14.2 Å². The van der Waals surface area contributed by atoms with Gasteiger partial charge in [0.05, 0.1) is 6.10 Å². The van der Waals surface area contributed by atoms with Gasteiger partial charge >= 0.3 is 7.60 Å². The van der Waals surface area contributed by atoms with Gasteiger partial charge in [-0.25, -0.2) is 0 Å². The SMILES string of the molecule is O=CCP(=O)(O)OC1CCCCC1. The number of carbonyl (C=O) groups is 1. The smallest absolute Gasteiger partial charge is 0.324 e. The standard InChI is InChI=1S/C8H15O4P/c9-6-7-13(10,11)12-8-4-2-1-3-5-8/h6,8H,1-5,7H2,(H,10,11). The van der Waals surface area contributed by atoms with Crippen LogP contribution in [0.1, 0.15) is 32.1 Å². The molecule has 0 aromatic heterocycles. The van der Waals surface area contributed by atoms with E-state index in [-0.39, 0.29) is 12.3 Å². The van der Waals surface area contributed by atoms with Gasteiger partial charge in [-0.15, -0.1) is 0 Å². The quantitative estimate of drug-likeness (QED) is 0.561. The van der Waals surface area contributed by atoms with Crippen molar-refractivity contribution in [3.8, 4) is 0 Å². The Balaban J connectivity index is 2.36. The lowest BCUT2D eigenvalue weighted by Gasteiger charge is -2.23. The third-order valence-corrected chi connectivity index (χ3v) is 3.41. The van der Waals surface area contributed by atoms with E-state index in [4.69, 9.17) is 9.42 Å². The highest BCUT2D eigenvalue weighted by Crippen LogP contribution is 2.44. The van der Waals surface area contributed by atoms with Gasteiger partial charge in [0.2, 0.25) is 0 Å². The van der Waals surface area contributed by atoms with Crippen molar-refractivity contribution in [3.05, 3.63) is 0 Å². The molecule has 1 atom stereocenters. The Hall–Kier alpha value is -0.180. The molecule has 0 heterocycles. The van der Waals surface area contributed by atoms with Crippen LogP contribution in [0.25, 0.3) is 0 Å². The number of hydrogen-bond donors (Lipinski definition) is 1. The van der Waals surface area contributed by atoms with E-state index in [1.807, 2.05) is 0 Å². The van der Waals surface area contributed by atoms with Crippen molar-refractivity contribution in [2.45, 2.75) is 38.2 Å². The molecule has 1 N–H and O–H groups in total. The second-order valence-electron chi connectivity index (χ2n) is 3.35. The molecule has 0 saturated heterocycles. The fourth-order valence-corrected chi connectivity index (χ4v) is 2.49. The monoisotopic (exact) mass is 206 g/mol. The van der Waals surface area contributed by atoms with Crippen LogP contribution in [0.5, 0.6) is 0 Å². The minimum Gasteiger partial charge on any atom is -0.324 e. The fourth-order valence-electron chi connectivity index (χ4n) is 1.54. The van der Waals surface area contributed by atoms with Gasteiger partial charge in [0, 0.05) is 0 Å². The molecule has 5 heteroatoms. The van der Waals surface area contributed by atoms with Gasteiger partial charge in [-0.05, 0) is 12.8 Å². The highest BCUT2D eigenvalue weighted by molar-refractivity contribution is 7.53. The summed E-state index contributed by atoms with van der Waals surface area (Å²) in [6.07, 6.45) is 4.87. The Labute approximate surface area is 77.8 Å². The third-order valence-electron chi connectivity index (χ3n) is 2.17. The van der Waals surface area contributed by atoms with Crippen LogP contribution in [-0.4, -0.2) is 23.4 Å². The predicted molar refractivity (Wildman–Crippen MR) is 48.7 cm³/mol. The minimum atomic E-state index is -3.63. The first-order chi connectivity index (χ1) is 6.14. The molecule has 4 nitrogen and oxygen atoms in total. The Morgan fingerprint density at radius 1 is 1.38 bits per heavy atom. The van der Waals surface area contributed by atoms with Crippen LogP contribution in [0.4, 0.5) is 0 Å². The molecule has 1 saturated carbocycles. The maximum absolute atomic E-state index is 11.2. The summed E-state index contributed by atoms with van der Waals surface area (Å²) in [7, 11) is -3.63. The van der Waals surface area contributed by atoms with Crippen molar-refractivity contribution in [2.24, 2.45) is 0 Å². The topological polar surface area (TPSA) is 63.6 Å². The summed E-state index contributed by atoms with van der Waals surface area (Å²) in [6.45, 7) is 0. The van der Waals surface area contributed by atoms with Crippen molar-refractivity contribution in [1.82, 2.24) is 0 Å². The summed E-state index contributed by atoms with van der Waals surface area (Å²) < 4.78 is 16.2. The van der Waals surface area contributed by atoms with E-state index in [9.17, 15) is 9.36 Å². The molecule has 13 heavy (non-hydrogen) atoms. The Morgan fingerprint density at radius 3 is 2.54 bits per heavy atom. The van der Waals surface area contributed by atoms with Crippen LogP contribution >= 0.6 is 7.60 Å². The molecule has 0 amide bonds. The average Bonchev–Trinajstić information content (AvgIpc) is 2.04. The molecule has 0 radical (unpaired) electrons. The van der Waals surface area contributed by atoms with Gasteiger partial charge in [-0.2, -0.15) is 0 Å². The van der Waals surface area contributed by atoms with Crippen LogP contribution in [0.15, 0.2) is 0 Å². The molecule has 1 unspecified atom stereocenters. The number of hydrogen-bond acceptors (Lipinski definition) is 3. The van der Waals surface area contributed by atoms with E-state index >= 15 is 0 Å². The zero-order valence-corrected chi connectivity index (χ0v) is 8.41. The molecule has 1 aliphatic carbocycles. The van der Waals surface area contributed by atoms with Crippen LogP contribution in [0, 0.1) is 0 Å². The number of carbonyl (C=O) groups excluding carboxylic acids is 1. The normalized spacial score (nSPS) is 23.8. The minimum absolute atomic E-state index is 0.121. The molecule has 0 aromatic carbocycles. The summed E-state index contributed by atoms with van der Waals surface area (Å²) in [5.41, 5.74) is 0. The van der Waals surface area contributed by atoms with E-state index in [0.717, 1.165) is 25.7 Å². The molecule has 0 aromatic rings. The first-order valence-corrected chi connectivity index (χ1v) is 6.34. The van der Waals surface area contributed by atoms with Crippen molar-refractivity contribution in [3.63, 3.8) is 0 Å². The van der Waals surface area contributed by atoms with Crippen molar-refractivity contribution >= 4 is 13.9 Å². The van der Waals surface area contributed by atoms with Crippen LogP contribution in [-0.2, 0) is 13.9 Å². The summed E-state index contributed by atoms with van der Waals surface area (Å²) in [4.78, 5) is 19.2. The highest BCUT2D eigenvalue weighted by Gasteiger charge is 2.25. The fraction of sp³-hybridized carbons (Fsp3) is 0.875. The molecule has 0 aliphatic heterocycles. The van der Waals surface area contributed by atoms with Gasteiger partial charge in [0.25, 0.3) is 0 Å². The summed E-state index contributed by atoms with van der Waals surface area (Å²) in [5, 5.41) is 0. The first-order valence-electron chi connectivity index (χ1n) is 4.58. The summed E-state index contributed by atoms with van der Waals surface area (Å²) >= 11 is 0. The molecule has 0 bridgehead atoms. The summed E-state index contributed by atoms with van der Waals surface area (Å²) in [5.74, 6) is 0. The lowest BCUT2D eigenvalue weighted by molar-refractivity contribution is -0.106.